The molecule has 0 bridgehead atoms. The quantitative estimate of drug-likeness (QED) is 0.906. The number of hydrogen-bond acceptors (Lipinski definition) is 6. The Morgan fingerprint density at radius 1 is 1.26 bits per heavy atom. The van der Waals surface area contributed by atoms with Crippen molar-refractivity contribution in [1.82, 2.24) is 15.0 Å². The second kappa shape index (κ2) is 5.51. The number of nitrogens with one attached hydrogen (secondary N) is 1. The molecular weight excluding hydrogens is 242 g/mol. The number of methoxy groups -OCH3 is 1. The third kappa shape index (κ3) is 3.09. The van der Waals surface area contributed by atoms with Crippen LogP contribution in [0.5, 0.6) is 5.88 Å². The van der Waals surface area contributed by atoms with Crippen LogP contribution in [-0.2, 0) is 0 Å². The number of ether oxygens (including phenoxy) is 1. The van der Waals surface area contributed by atoms with Gasteiger partial charge in [-0.2, -0.15) is 4.98 Å². The zero-order valence-corrected chi connectivity index (χ0v) is 11.5. The van der Waals surface area contributed by atoms with E-state index in [0.29, 0.717) is 11.8 Å². The Labute approximate surface area is 112 Å². The van der Waals surface area contributed by atoms with Crippen molar-refractivity contribution in [2.75, 3.05) is 31.4 Å². The molecule has 0 saturated carbocycles. The second-order valence-corrected chi connectivity index (χ2v) is 4.31. The van der Waals surface area contributed by atoms with Gasteiger partial charge in [-0.1, -0.05) is 0 Å². The molecule has 0 fully saturated rings. The van der Waals surface area contributed by atoms with Gasteiger partial charge in [0, 0.05) is 43.8 Å². The van der Waals surface area contributed by atoms with Crippen LogP contribution in [0.3, 0.4) is 0 Å². The molecule has 0 aliphatic carbocycles. The summed E-state index contributed by atoms with van der Waals surface area (Å²) in [5.74, 6) is 1.98. The molecule has 0 saturated heterocycles. The summed E-state index contributed by atoms with van der Waals surface area (Å²) in [6.07, 6.45) is 3.46. The van der Waals surface area contributed by atoms with E-state index in [4.69, 9.17) is 4.74 Å². The first-order valence-corrected chi connectivity index (χ1v) is 5.88. The number of anilines is 3. The second-order valence-electron chi connectivity index (χ2n) is 4.31. The van der Waals surface area contributed by atoms with E-state index in [1.165, 1.54) is 0 Å². The van der Waals surface area contributed by atoms with Crippen LogP contribution >= 0.6 is 0 Å². The minimum atomic E-state index is 0.544. The highest BCUT2D eigenvalue weighted by Crippen LogP contribution is 2.20. The van der Waals surface area contributed by atoms with E-state index in [1.54, 1.807) is 25.6 Å². The van der Waals surface area contributed by atoms with Crippen molar-refractivity contribution in [3.8, 4) is 5.88 Å². The van der Waals surface area contributed by atoms with Gasteiger partial charge in [-0.25, -0.2) is 9.97 Å². The van der Waals surface area contributed by atoms with Gasteiger partial charge in [0.15, 0.2) is 0 Å². The molecule has 0 radical (unpaired) electrons. The van der Waals surface area contributed by atoms with E-state index in [9.17, 15) is 0 Å². The van der Waals surface area contributed by atoms with Crippen molar-refractivity contribution in [1.29, 1.82) is 0 Å². The number of nitrogens with zero attached hydrogens (tertiary/aromatic N) is 4. The first-order chi connectivity index (χ1) is 9.10. The van der Waals surface area contributed by atoms with E-state index in [0.717, 1.165) is 17.1 Å². The molecule has 100 valence electrons. The fourth-order valence-electron chi connectivity index (χ4n) is 1.67. The van der Waals surface area contributed by atoms with Crippen molar-refractivity contribution in [3.05, 3.63) is 30.1 Å². The lowest BCUT2D eigenvalue weighted by Gasteiger charge is -2.15. The van der Waals surface area contributed by atoms with Crippen LogP contribution in [-0.4, -0.2) is 36.2 Å². The molecule has 0 aliphatic rings. The zero-order chi connectivity index (χ0) is 13.8. The van der Waals surface area contributed by atoms with Crippen LogP contribution in [0.4, 0.5) is 17.5 Å². The summed E-state index contributed by atoms with van der Waals surface area (Å²) in [6, 6.07) is 3.62. The molecule has 0 unspecified atom stereocenters. The summed E-state index contributed by atoms with van der Waals surface area (Å²) in [6.45, 7) is 1.98. The number of rotatable bonds is 4. The van der Waals surface area contributed by atoms with Crippen LogP contribution in [0.25, 0.3) is 0 Å². The van der Waals surface area contributed by atoms with Gasteiger partial charge in [-0.05, 0) is 13.0 Å². The molecule has 19 heavy (non-hydrogen) atoms. The van der Waals surface area contributed by atoms with Crippen molar-refractivity contribution < 1.29 is 4.74 Å². The minimum Gasteiger partial charge on any atom is -0.481 e. The number of hydrogen-bond donors (Lipinski definition) is 1. The predicted octanol–water partition coefficient (Wildman–Crippen LogP) is 2.00. The summed E-state index contributed by atoms with van der Waals surface area (Å²) in [5.41, 5.74) is 1.86. The van der Waals surface area contributed by atoms with Gasteiger partial charge in [-0.3, -0.25) is 0 Å². The van der Waals surface area contributed by atoms with Crippen molar-refractivity contribution >= 4 is 17.5 Å². The van der Waals surface area contributed by atoms with Crippen LogP contribution < -0.4 is 15.0 Å². The average Bonchev–Trinajstić information content (AvgIpc) is 2.41. The summed E-state index contributed by atoms with van der Waals surface area (Å²) in [5, 5.41) is 3.13. The SMILES string of the molecule is COc1cc(Nc2ncc(C)c(N(C)C)n2)ccn1. The van der Waals surface area contributed by atoms with Crippen LogP contribution in [0.15, 0.2) is 24.5 Å². The molecular formula is C13H17N5O. The smallest absolute Gasteiger partial charge is 0.229 e. The monoisotopic (exact) mass is 259 g/mol. The molecule has 0 spiro atoms. The highest BCUT2D eigenvalue weighted by atomic mass is 16.5. The maximum Gasteiger partial charge on any atom is 0.229 e. The van der Waals surface area contributed by atoms with Gasteiger partial charge in [0.25, 0.3) is 0 Å². The maximum atomic E-state index is 5.07. The topological polar surface area (TPSA) is 63.2 Å². The number of aryl methyl sites for hydroxylation is 1. The highest BCUT2D eigenvalue weighted by Gasteiger charge is 2.06. The Balaban J connectivity index is 2.25. The van der Waals surface area contributed by atoms with Crippen LogP contribution in [0.2, 0.25) is 0 Å². The first-order valence-electron chi connectivity index (χ1n) is 5.88. The Morgan fingerprint density at radius 2 is 2.05 bits per heavy atom. The summed E-state index contributed by atoms with van der Waals surface area (Å²) in [4.78, 5) is 14.7. The van der Waals surface area contributed by atoms with Gasteiger partial charge < -0.3 is 15.0 Å². The van der Waals surface area contributed by atoms with E-state index < -0.39 is 0 Å². The lowest BCUT2D eigenvalue weighted by atomic mass is 10.3. The van der Waals surface area contributed by atoms with Crippen molar-refractivity contribution in [2.24, 2.45) is 0 Å². The summed E-state index contributed by atoms with van der Waals surface area (Å²) < 4.78 is 5.07. The Bertz CT molecular complexity index is 571. The third-order valence-electron chi connectivity index (χ3n) is 2.57. The van der Waals surface area contributed by atoms with Gasteiger partial charge in [0.2, 0.25) is 11.8 Å². The highest BCUT2D eigenvalue weighted by molar-refractivity contribution is 5.57. The fourth-order valence-corrected chi connectivity index (χ4v) is 1.67. The molecule has 0 aromatic carbocycles. The molecule has 0 atom stereocenters. The Hall–Kier alpha value is -2.37. The number of aromatic nitrogens is 3. The van der Waals surface area contributed by atoms with Gasteiger partial charge in [-0.15, -0.1) is 0 Å². The molecule has 2 aromatic rings. The number of pyridine rings is 1. The molecule has 2 aromatic heterocycles. The molecule has 6 heteroatoms. The predicted molar refractivity (Wildman–Crippen MR) is 75.2 cm³/mol. The molecule has 2 heterocycles. The molecule has 2 rings (SSSR count). The third-order valence-corrected chi connectivity index (χ3v) is 2.57. The average molecular weight is 259 g/mol. The van der Waals surface area contributed by atoms with E-state index in [2.05, 4.69) is 20.3 Å². The molecule has 0 amide bonds. The molecule has 6 nitrogen and oxygen atoms in total. The van der Waals surface area contributed by atoms with Gasteiger partial charge in [0.1, 0.15) is 5.82 Å². The molecule has 1 N–H and O–H groups in total. The Kier molecular flexibility index (Phi) is 3.79. The largest absolute Gasteiger partial charge is 0.481 e. The minimum absolute atomic E-state index is 0.544. The standard InChI is InChI=1S/C13H17N5O/c1-9-8-15-13(17-12(9)18(2)3)16-10-5-6-14-11(7-10)19-4/h5-8H,1-4H3,(H,14,15,16,17). The summed E-state index contributed by atoms with van der Waals surface area (Å²) in [7, 11) is 5.49. The lowest BCUT2D eigenvalue weighted by Crippen LogP contribution is -2.13. The Morgan fingerprint density at radius 3 is 2.74 bits per heavy atom. The van der Waals surface area contributed by atoms with Crippen molar-refractivity contribution in [3.63, 3.8) is 0 Å². The van der Waals surface area contributed by atoms with E-state index in [1.807, 2.05) is 32.0 Å². The van der Waals surface area contributed by atoms with E-state index in [-0.39, 0.29) is 0 Å². The normalized spacial score (nSPS) is 10.1. The lowest BCUT2D eigenvalue weighted by molar-refractivity contribution is 0.398. The zero-order valence-electron chi connectivity index (χ0n) is 11.5. The van der Waals surface area contributed by atoms with E-state index >= 15 is 0 Å². The van der Waals surface area contributed by atoms with Crippen LogP contribution in [0, 0.1) is 6.92 Å². The maximum absolute atomic E-state index is 5.07. The van der Waals surface area contributed by atoms with Gasteiger partial charge in [0.05, 0.1) is 7.11 Å². The first kappa shape index (κ1) is 13.1. The fraction of sp³-hybridized carbons (Fsp3) is 0.308. The summed E-state index contributed by atoms with van der Waals surface area (Å²) >= 11 is 0. The molecule has 0 aliphatic heterocycles. The van der Waals surface area contributed by atoms with Crippen LogP contribution in [0.1, 0.15) is 5.56 Å². The van der Waals surface area contributed by atoms with Gasteiger partial charge >= 0.3 is 0 Å². The van der Waals surface area contributed by atoms with Crippen molar-refractivity contribution in [2.45, 2.75) is 6.92 Å².